The molecule has 0 saturated carbocycles. The number of hydrogen-bond acceptors (Lipinski definition) is 4. The Hall–Kier alpha value is -2.24. The van der Waals surface area contributed by atoms with Crippen molar-refractivity contribution in [2.24, 2.45) is 0 Å². The predicted octanol–water partition coefficient (Wildman–Crippen LogP) is 3.34. The van der Waals surface area contributed by atoms with Crippen molar-refractivity contribution in [3.8, 4) is 5.75 Å². The van der Waals surface area contributed by atoms with E-state index < -0.39 is 5.60 Å². The third-order valence-corrected chi connectivity index (χ3v) is 3.90. The highest BCUT2D eigenvalue weighted by Crippen LogP contribution is 2.28. The zero-order chi connectivity index (χ0) is 16.6. The Morgan fingerprint density at radius 2 is 2.17 bits per heavy atom. The number of ether oxygens (including phenoxy) is 2. The van der Waals surface area contributed by atoms with Crippen LogP contribution in [0.1, 0.15) is 34.1 Å². The van der Waals surface area contributed by atoms with Gasteiger partial charge >= 0.3 is 6.09 Å². The van der Waals surface area contributed by atoms with Gasteiger partial charge in [0.2, 0.25) is 0 Å². The summed E-state index contributed by atoms with van der Waals surface area (Å²) in [5.41, 5.74) is 0.396. The van der Waals surface area contributed by atoms with Crippen molar-refractivity contribution in [2.45, 2.75) is 51.9 Å². The second-order valence-electron chi connectivity index (χ2n) is 7.05. The van der Waals surface area contributed by atoms with Gasteiger partial charge in [-0.05, 0) is 33.8 Å². The minimum atomic E-state index is -0.489. The number of nitrogens with one attached hydrogen (secondary N) is 1. The number of aromatic nitrogens is 2. The summed E-state index contributed by atoms with van der Waals surface area (Å²) >= 11 is 0. The first-order valence-corrected chi connectivity index (χ1v) is 7.92. The largest absolute Gasteiger partial charge is 0.486 e. The number of likely N-dealkylation sites (tertiary alicyclic amines) is 1. The van der Waals surface area contributed by atoms with Gasteiger partial charge in [-0.3, -0.25) is 5.10 Å². The molecule has 2 aromatic rings. The maximum absolute atomic E-state index is 12.3. The monoisotopic (exact) mass is 317 g/mol. The van der Waals surface area contributed by atoms with E-state index in [2.05, 4.69) is 10.2 Å². The number of amides is 1. The second-order valence-corrected chi connectivity index (χ2v) is 7.05. The van der Waals surface area contributed by atoms with E-state index in [4.69, 9.17) is 9.47 Å². The van der Waals surface area contributed by atoms with Crippen molar-refractivity contribution in [1.82, 2.24) is 15.1 Å². The number of nitrogens with zero attached hydrogens (tertiary/aromatic N) is 2. The maximum Gasteiger partial charge on any atom is 0.410 e. The second kappa shape index (κ2) is 5.76. The fraction of sp³-hybridized carbons (Fsp3) is 0.529. The molecule has 1 N–H and O–H groups in total. The van der Waals surface area contributed by atoms with Gasteiger partial charge in [-0.1, -0.05) is 12.1 Å². The summed E-state index contributed by atoms with van der Waals surface area (Å²) in [6.45, 7) is 8.17. The van der Waals surface area contributed by atoms with E-state index in [1.54, 1.807) is 11.1 Å². The summed E-state index contributed by atoms with van der Waals surface area (Å²) in [7, 11) is 0. The lowest BCUT2D eigenvalue weighted by Crippen LogP contribution is -2.39. The van der Waals surface area contributed by atoms with Crippen molar-refractivity contribution in [3.05, 3.63) is 24.4 Å². The molecule has 6 nitrogen and oxygen atoms in total. The lowest BCUT2D eigenvalue weighted by molar-refractivity contribution is 0.0224. The number of para-hydroxylation sites is 1. The molecule has 0 aliphatic carbocycles. The minimum Gasteiger partial charge on any atom is -0.486 e. The molecule has 1 saturated heterocycles. The fourth-order valence-corrected chi connectivity index (χ4v) is 2.86. The Kier molecular flexibility index (Phi) is 3.92. The number of benzene rings is 1. The maximum atomic E-state index is 12.3. The number of H-pyrrole nitrogens is 1. The molecule has 2 atom stereocenters. The van der Waals surface area contributed by atoms with Crippen LogP contribution >= 0.6 is 0 Å². The molecule has 1 aromatic carbocycles. The van der Waals surface area contributed by atoms with Gasteiger partial charge in [-0.2, -0.15) is 5.10 Å². The van der Waals surface area contributed by atoms with Gasteiger partial charge in [0.25, 0.3) is 0 Å². The summed E-state index contributed by atoms with van der Waals surface area (Å²) in [4.78, 5) is 14.0. The van der Waals surface area contributed by atoms with Gasteiger partial charge in [0.05, 0.1) is 12.7 Å². The first kappa shape index (κ1) is 15.6. The average molecular weight is 317 g/mol. The van der Waals surface area contributed by atoms with E-state index in [9.17, 15) is 4.79 Å². The average Bonchev–Trinajstić information content (AvgIpc) is 3.04. The fourth-order valence-electron chi connectivity index (χ4n) is 2.86. The quantitative estimate of drug-likeness (QED) is 0.922. The van der Waals surface area contributed by atoms with E-state index in [1.807, 2.05) is 45.9 Å². The summed E-state index contributed by atoms with van der Waals surface area (Å²) < 4.78 is 11.6. The number of carbonyl (C=O) groups excluding carboxylic acids is 1. The highest BCUT2D eigenvalue weighted by molar-refractivity contribution is 5.83. The summed E-state index contributed by atoms with van der Waals surface area (Å²) in [6, 6.07) is 5.94. The van der Waals surface area contributed by atoms with Crippen LogP contribution in [0, 0.1) is 0 Å². The molecular formula is C17H23N3O3. The predicted molar refractivity (Wildman–Crippen MR) is 87.5 cm³/mol. The molecule has 1 aliphatic heterocycles. The van der Waals surface area contributed by atoms with Crippen LogP contribution in [0.3, 0.4) is 0 Å². The molecule has 1 unspecified atom stereocenters. The third-order valence-electron chi connectivity index (χ3n) is 3.90. The lowest BCUT2D eigenvalue weighted by atomic mass is 10.2. The van der Waals surface area contributed by atoms with E-state index in [0.29, 0.717) is 6.54 Å². The highest BCUT2D eigenvalue weighted by atomic mass is 16.6. The Bertz CT molecular complexity index is 704. The molecule has 1 aliphatic rings. The Morgan fingerprint density at radius 3 is 2.91 bits per heavy atom. The zero-order valence-corrected chi connectivity index (χ0v) is 14.0. The topological polar surface area (TPSA) is 67.5 Å². The standard InChI is InChI=1S/C17H23N3O3/c1-11-8-13(10-20(11)16(21)23-17(2,3)4)22-14-7-5-6-12-9-18-19-15(12)14/h5-7,9,11,13H,8,10H2,1-4H3,(H,18,19)/t11-,13?/m0/s1. The van der Waals surface area contributed by atoms with E-state index in [0.717, 1.165) is 23.1 Å². The van der Waals surface area contributed by atoms with E-state index >= 15 is 0 Å². The van der Waals surface area contributed by atoms with Crippen LogP contribution in [0.15, 0.2) is 24.4 Å². The molecule has 0 radical (unpaired) electrons. The third kappa shape index (κ3) is 3.41. The van der Waals surface area contributed by atoms with Crippen LogP contribution in [-0.2, 0) is 4.74 Å². The van der Waals surface area contributed by atoms with Gasteiger partial charge in [-0.25, -0.2) is 4.79 Å². The Labute approximate surface area is 135 Å². The summed E-state index contributed by atoms with van der Waals surface area (Å²) in [6.07, 6.45) is 2.22. The van der Waals surface area contributed by atoms with E-state index in [1.165, 1.54) is 0 Å². The zero-order valence-electron chi connectivity index (χ0n) is 14.0. The molecule has 0 spiro atoms. The minimum absolute atomic E-state index is 0.0496. The molecule has 1 fully saturated rings. The molecule has 124 valence electrons. The van der Waals surface area contributed by atoms with Crippen LogP contribution in [0.25, 0.3) is 10.9 Å². The first-order chi connectivity index (χ1) is 10.8. The van der Waals surface area contributed by atoms with Crippen molar-refractivity contribution in [3.63, 3.8) is 0 Å². The summed E-state index contributed by atoms with van der Waals surface area (Å²) in [5.74, 6) is 0.767. The number of carbonyl (C=O) groups is 1. The van der Waals surface area contributed by atoms with Gasteiger partial charge < -0.3 is 14.4 Å². The Balaban J connectivity index is 1.69. The van der Waals surface area contributed by atoms with Gasteiger partial charge in [0, 0.05) is 17.8 Å². The van der Waals surface area contributed by atoms with Crippen LogP contribution in [0.5, 0.6) is 5.75 Å². The van der Waals surface area contributed by atoms with Crippen LogP contribution < -0.4 is 4.74 Å². The molecule has 6 heteroatoms. The highest BCUT2D eigenvalue weighted by Gasteiger charge is 2.36. The normalized spacial score (nSPS) is 21.7. The van der Waals surface area contributed by atoms with Crippen molar-refractivity contribution in [1.29, 1.82) is 0 Å². The Morgan fingerprint density at radius 1 is 1.39 bits per heavy atom. The van der Waals surface area contributed by atoms with Crippen molar-refractivity contribution in [2.75, 3.05) is 6.54 Å². The molecule has 23 heavy (non-hydrogen) atoms. The van der Waals surface area contributed by atoms with Crippen LogP contribution in [-0.4, -0.2) is 45.5 Å². The number of hydrogen-bond donors (Lipinski definition) is 1. The number of aromatic amines is 1. The lowest BCUT2D eigenvalue weighted by Gasteiger charge is -2.26. The first-order valence-electron chi connectivity index (χ1n) is 7.92. The number of fused-ring (bicyclic) bond motifs is 1. The van der Waals surface area contributed by atoms with Crippen molar-refractivity contribution < 1.29 is 14.3 Å². The molecule has 1 aromatic heterocycles. The molecular weight excluding hydrogens is 294 g/mol. The van der Waals surface area contributed by atoms with Gasteiger partial charge in [-0.15, -0.1) is 0 Å². The van der Waals surface area contributed by atoms with Crippen molar-refractivity contribution >= 4 is 17.0 Å². The SMILES string of the molecule is C[C@H]1CC(Oc2cccc3cn[nH]c23)CN1C(=O)OC(C)(C)C. The molecule has 0 bridgehead atoms. The van der Waals surface area contributed by atoms with E-state index in [-0.39, 0.29) is 18.2 Å². The molecule has 1 amide bonds. The number of rotatable bonds is 2. The summed E-state index contributed by atoms with van der Waals surface area (Å²) in [5, 5.41) is 8.02. The van der Waals surface area contributed by atoms with Crippen LogP contribution in [0.4, 0.5) is 4.79 Å². The van der Waals surface area contributed by atoms with Gasteiger partial charge in [0.1, 0.15) is 23.0 Å². The molecule has 3 rings (SSSR count). The molecule has 2 heterocycles. The smallest absolute Gasteiger partial charge is 0.410 e. The van der Waals surface area contributed by atoms with Crippen LogP contribution in [0.2, 0.25) is 0 Å². The van der Waals surface area contributed by atoms with Gasteiger partial charge in [0.15, 0.2) is 0 Å².